The fourth-order valence-electron chi connectivity index (χ4n) is 3.04. The first-order valence-corrected chi connectivity index (χ1v) is 8.42. The van der Waals surface area contributed by atoms with Gasteiger partial charge >= 0.3 is 0 Å². The van der Waals surface area contributed by atoms with Gasteiger partial charge in [0.1, 0.15) is 5.75 Å². The molecular weight excluding hydrogens is 300 g/mol. The molecule has 1 saturated heterocycles. The Kier molecular flexibility index (Phi) is 5.80. The first kappa shape index (κ1) is 16.5. The standard InChI is InChI=1S/C19H24N4O/c1-24-18-10-3-2-7-16(18)8-4-12-20-17-9-6-14-23(15-17)19-11-5-13-21-22-19/h2-5,7-8,10-11,13,17,20H,6,9,12,14-15H2,1H3/b8-4+. The molecule has 1 aromatic heterocycles. The Bertz CT molecular complexity index is 659. The molecular formula is C19H24N4O. The van der Waals surface area contributed by atoms with Gasteiger partial charge in [-0.2, -0.15) is 5.10 Å². The van der Waals surface area contributed by atoms with E-state index in [2.05, 4.69) is 38.6 Å². The maximum Gasteiger partial charge on any atom is 0.151 e. The van der Waals surface area contributed by atoms with Crippen LogP contribution in [0.4, 0.5) is 5.82 Å². The lowest BCUT2D eigenvalue weighted by Gasteiger charge is -2.33. The van der Waals surface area contributed by atoms with Gasteiger partial charge in [0.15, 0.2) is 5.82 Å². The summed E-state index contributed by atoms with van der Waals surface area (Å²) in [5, 5.41) is 11.8. The molecule has 0 saturated carbocycles. The van der Waals surface area contributed by atoms with Crippen molar-refractivity contribution in [2.75, 3.05) is 31.6 Å². The molecule has 3 rings (SSSR count). The maximum absolute atomic E-state index is 5.36. The van der Waals surface area contributed by atoms with Crippen LogP contribution in [-0.2, 0) is 0 Å². The number of rotatable bonds is 6. The van der Waals surface area contributed by atoms with E-state index >= 15 is 0 Å². The highest BCUT2D eigenvalue weighted by molar-refractivity contribution is 5.57. The van der Waals surface area contributed by atoms with E-state index in [1.54, 1.807) is 13.3 Å². The van der Waals surface area contributed by atoms with Crippen LogP contribution < -0.4 is 15.0 Å². The van der Waals surface area contributed by atoms with Gasteiger partial charge in [-0.15, -0.1) is 5.10 Å². The van der Waals surface area contributed by atoms with Crippen molar-refractivity contribution in [2.24, 2.45) is 0 Å². The summed E-state index contributed by atoms with van der Waals surface area (Å²) in [4.78, 5) is 2.30. The predicted octanol–water partition coefficient (Wildman–Crippen LogP) is 2.76. The second-order valence-electron chi connectivity index (χ2n) is 5.92. The van der Waals surface area contributed by atoms with Crippen LogP contribution in [0.2, 0.25) is 0 Å². The molecule has 1 aliphatic heterocycles. The van der Waals surface area contributed by atoms with Crippen LogP contribution in [0.5, 0.6) is 5.75 Å². The molecule has 0 bridgehead atoms. The Morgan fingerprint density at radius 2 is 2.21 bits per heavy atom. The van der Waals surface area contributed by atoms with E-state index in [1.165, 1.54) is 12.8 Å². The lowest BCUT2D eigenvalue weighted by molar-refractivity contribution is 0.414. The number of para-hydroxylation sites is 1. The minimum absolute atomic E-state index is 0.475. The number of hydrogen-bond donors (Lipinski definition) is 1. The Labute approximate surface area is 143 Å². The maximum atomic E-state index is 5.36. The molecule has 1 unspecified atom stereocenters. The van der Waals surface area contributed by atoms with Crippen LogP contribution in [-0.4, -0.2) is 43.0 Å². The molecule has 1 fully saturated rings. The Balaban J connectivity index is 1.50. The summed E-state index contributed by atoms with van der Waals surface area (Å²) >= 11 is 0. The molecule has 1 N–H and O–H groups in total. The number of benzene rings is 1. The van der Waals surface area contributed by atoms with Crippen molar-refractivity contribution in [3.8, 4) is 5.75 Å². The third-order valence-corrected chi connectivity index (χ3v) is 4.26. The van der Waals surface area contributed by atoms with Gasteiger partial charge in [0, 0.05) is 37.4 Å². The molecule has 0 aliphatic carbocycles. The molecule has 5 nitrogen and oxygen atoms in total. The van der Waals surface area contributed by atoms with Gasteiger partial charge in [0.2, 0.25) is 0 Å². The van der Waals surface area contributed by atoms with Crippen LogP contribution in [0, 0.1) is 0 Å². The monoisotopic (exact) mass is 324 g/mol. The van der Waals surface area contributed by atoms with E-state index < -0.39 is 0 Å². The van der Waals surface area contributed by atoms with Gasteiger partial charge in [-0.1, -0.05) is 30.4 Å². The number of methoxy groups -OCH3 is 1. The lowest BCUT2D eigenvalue weighted by Crippen LogP contribution is -2.46. The van der Waals surface area contributed by atoms with Gasteiger partial charge in [-0.3, -0.25) is 0 Å². The van der Waals surface area contributed by atoms with Gasteiger partial charge < -0.3 is 15.0 Å². The van der Waals surface area contributed by atoms with Crippen LogP contribution in [0.15, 0.2) is 48.7 Å². The van der Waals surface area contributed by atoms with Gasteiger partial charge in [-0.05, 0) is 31.0 Å². The second kappa shape index (κ2) is 8.45. The average molecular weight is 324 g/mol. The lowest BCUT2D eigenvalue weighted by atomic mass is 10.1. The molecule has 0 spiro atoms. The quantitative estimate of drug-likeness (QED) is 0.885. The summed E-state index contributed by atoms with van der Waals surface area (Å²) in [6.07, 6.45) is 8.34. The van der Waals surface area contributed by atoms with E-state index in [4.69, 9.17) is 4.74 Å². The number of piperidine rings is 1. The zero-order valence-electron chi connectivity index (χ0n) is 14.1. The van der Waals surface area contributed by atoms with E-state index in [0.717, 1.165) is 36.8 Å². The fraction of sp³-hybridized carbons (Fsp3) is 0.368. The highest BCUT2D eigenvalue weighted by Crippen LogP contribution is 2.19. The zero-order valence-corrected chi connectivity index (χ0v) is 14.1. The molecule has 0 amide bonds. The van der Waals surface area contributed by atoms with Crippen molar-refractivity contribution in [3.05, 3.63) is 54.2 Å². The predicted molar refractivity (Wildman–Crippen MR) is 97.3 cm³/mol. The molecule has 2 aromatic rings. The number of nitrogens with one attached hydrogen (secondary N) is 1. The molecule has 1 aliphatic rings. The minimum Gasteiger partial charge on any atom is -0.496 e. The second-order valence-corrected chi connectivity index (χ2v) is 5.92. The molecule has 1 atom stereocenters. The summed E-state index contributed by atoms with van der Waals surface area (Å²) in [7, 11) is 1.70. The molecule has 0 radical (unpaired) electrons. The van der Waals surface area contributed by atoms with Crippen molar-refractivity contribution in [1.82, 2.24) is 15.5 Å². The van der Waals surface area contributed by atoms with Gasteiger partial charge in [0.25, 0.3) is 0 Å². The van der Waals surface area contributed by atoms with E-state index in [9.17, 15) is 0 Å². The highest BCUT2D eigenvalue weighted by atomic mass is 16.5. The molecule has 5 heteroatoms. The first-order valence-electron chi connectivity index (χ1n) is 8.42. The largest absolute Gasteiger partial charge is 0.496 e. The van der Waals surface area contributed by atoms with E-state index in [0.29, 0.717) is 6.04 Å². The normalized spacial score (nSPS) is 18.0. The third kappa shape index (κ3) is 4.32. The van der Waals surface area contributed by atoms with Crippen molar-refractivity contribution >= 4 is 11.9 Å². The van der Waals surface area contributed by atoms with Crippen LogP contribution in [0.25, 0.3) is 6.08 Å². The van der Waals surface area contributed by atoms with E-state index in [1.807, 2.05) is 30.3 Å². The summed E-state index contributed by atoms with van der Waals surface area (Å²) in [5.74, 6) is 1.87. The Hall–Kier alpha value is -2.40. The summed E-state index contributed by atoms with van der Waals surface area (Å²) in [5.41, 5.74) is 1.10. The number of nitrogens with zero attached hydrogens (tertiary/aromatic N) is 3. The smallest absolute Gasteiger partial charge is 0.151 e. The molecule has 1 aromatic carbocycles. The zero-order chi connectivity index (χ0) is 16.6. The Morgan fingerprint density at radius 1 is 1.29 bits per heavy atom. The van der Waals surface area contributed by atoms with Crippen molar-refractivity contribution in [3.63, 3.8) is 0 Å². The van der Waals surface area contributed by atoms with Crippen molar-refractivity contribution in [2.45, 2.75) is 18.9 Å². The topological polar surface area (TPSA) is 50.3 Å². The van der Waals surface area contributed by atoms with Gasteiger partial charge in [-0.25, -0.2) is 0 Å². The van der Waals surface area contributed by atoms with Crippen LogP contribution >= 0.6 is 0 Å². The number of hydrogen-bond acceptors (Lipinski definition) is 5. The highest BCUT2D eigenvalue weighted by Gasteiger charge is 2.20. The first-order chi connectivity index (χ1) is 11.9. The summed E-state index contributed by atoms with van der Waals surface area (Å²) in [6.45, 7) is 2.87. The van der Waals surface area contributed by atoms with Gasteiger partial charge in [0.05, 0.1) is 7.11 Å². The third-order valence-electron chi connectivity index (χ3n) is 4.26. The molecule has 2 heterocycles. The van der Waals surface area contributed by atoms with E-state index in [-0.39, 0.29) is 0 Å². The number of ether oxygens (including phenoxy) is 1. The molecule has 126 valence electrons. The SMILES string of the molecule is COc1ccccc1/C=C/CNC1CCCN(c2cccnn2)C1. The Morgan fingerprint density at radius 3 is 3.04 bits per heavy atom. The van der Waals surface area contributed by atoms with Crippen molar-refractivity contribution in [1.29, 1.82) is 0 Å². The number of aromatic nitrogens is 2. The molecule has 24 heavy (non-hydrogen) atoms. The minimum atomic E-state index is 0.475. The summed E-state index contributed by atoms with van der Waals surface area (Å²) < 4.78 is 5.36. The van der Waals surface area contributed by atoms with Crippen LogP contribution in [0.3, 0.4) is 0 Å². The van der Waals surface area contributed by atoms with Crippen LogP contribution in [0.1, 0.15) is 18.4 Å². The summed E-state index contributed by atoms with van der Waals surface area (Å²) in [6, 6.07) is 12.5. The average Bonchev–Trinajstić information content (AvgIpc) is 2.66. The number of anilines is 1. The fourth-order valence-corrected chi connectivity index (χ4v) is 3.04. The van der Waals surface area contributed by atoms with Crippen molar-refractivity contribution < 1.29 is 4.74 Å².